The molecule has 0 saturated carbocycles. The van der Waals surface area contributed by atoms with Crippen LogP contribution in [0.15, 0.2) is 0 Å². The maximum atomic E-state index is 11.9. The molecular weight excluding hydrogens is 256 g/mol. The first-order valence-corrected chi connectivity index (χ1v) is 6.77. The van der Waals surface area contributed by atoms with E-state index < -0.39 is 0 Å². The van der Waals surface area contributed by atoms with E-state index in [0.29, 0.717) is 6.04 Å². The Morgan fingerprint density at radius 3 is 2.80 bits per heavy atom. The van der Waals surface area contributed by atoms with Gasteiger partial charge < -0.3 is 4.90 Å². The number of hydrogen-bond acceptors (Lipinski definition) is 2. The van der Waals surface area contributed by atoms with Crippen LogP contribution in [0.25, 0.3) is 0 Å². The van der Waals surface area contributed by atoms with Gasteiger partial charge in [-0.1, -0.05) is 15.9 Å². The van der Waals surface area contributed by atoms with Gasteiger partial charge in [0.2, 0.25) is 5.91 Å². The van der Waals surface area contributed by atoms with Crippen molar-refractivity contribution in [1.82, 2.24) is 9.80 Å². The second-order valence-corrected chi connectivity index (χ2v) is 5.96. The molecule has 0 aliphatic carbocycles. The molecule has 2 unspecified atom stereocenters. The highest BCUT2D eigenvalue weighted by atomic mass is 79.9. The van der Waals surface area contributed by atoms with Crippen LogP contribution in [0.1, 0.15) is 26.2 Å². The predicted octanol–water partition coefficient (Wildman–Crippen LogP) is 1.47. The van der Waals surface area contributed by atoms with Gasteiger partial charge in [0.15, 0.2) is 0 Å². The van der Waals surface area contributed by atoms with Crippen molar-refractivity contribution < 1.29 is 4.79 Å². The molecule has 2 atom stereocenters. The van der Waals surface area contributed by atoms with Crippen LogP contribution in [0, 0.1) is 0 Å². The Bertz CT molecular complexity index is 245. The van der Waals surface area contributed by atoms with E-state index in [2.05, 4.69) is 20.8 Å². The average molecular weight is 275 g/mol. The predicted molar refractivity (Wildman–Crippen MR) is 64.2 cm³/mol. The van der Waals surface area contributed by atoms with Crippen molar-refractivity contribution in [1.29, 1.82) is 0 Å². The summed E-state index contributed by atoms with van der Waals surface area (Å²) >= 11 is 3.37. The van der Waals surface area contributed by atoms with Gasteiger partial charge in [0.25, 0.3) is 0 Å². The smallest absolute Gasteiger partial charge is 0.236 e. The monoisotopic (exact) mass is 274 g/mol. The molecule has 86 valence electrons. The highest BCUT2D eigenvalue weighted by Crippen LogP contribution is 2.22. The lowest BCUT2D eigenvalue weighted by molar-refractivity contribution is -0.130. The van der Waals surface area contributed by atoms with Gasteiger partial charge in [0, 0.05) is 25.7 Å². The van der Waals surface area contributed by atoms with Gasteiger partial charge in [0.1, 0.15) is 0 Å². The molecule has 1 amide bonds. The Kier molecular flexibility index (Phi) is 3.67. The van der Waals surface area contributed by atoms with Gasteiger partial charge in [-0.3, -0.25) is 9.69 Å². The first-order chi connectivity index (χ1) is 7.18. The normalized spacial score (nSPS) is 29.7. The van der Waals surface area contributed by atoms with Gasteiger partial charge >= 0.3 is 0 Å². The van der Waals surface area contributed by atoms with Crippen LogP contribution in [-0.2, 0) is 4.79 Å². The second kappa shape index (κ2) is 4.83. The van der Waals surface area contributed by atoms with Crippen LogP contribution in [-0.4, -0.2) is 52.8 Å². The van der Waals surface area contributed by atoms with Gasteiger partial charge in [-0.05, 0) is 32.7 Å². The van der Waals surface area contributed by atoms with E-state index in [-0.39, 0.29) is 10.7 Å². The number of rotatable bonds is 1. The highest BCUT2D eigenvalue weighted by Gasteiger charge is 2.31. The molecule has 2 aliphatic heterocycles. The minimum absolute atomic E-state index is 0.0366. The lowest BCUT2D eigenvalue weighted by Crippen LogP contribution is -2.42. The SMILES string of the molecule is CC(Br)C(=O)N1CCCN2CCCC2C1. The van der Waals surface area contributed by atoms with Crippen LogP contribution in [0.5, 0.6) is 0 Å². The van der Waals surface area contributed by atoms with Crippen molar-refractivity contribution in [2.24, 2.45) is 0 Å². The van der Waals surface area contributed by atoms with E-state index in [4.69, 9.17) is 0 Å². The largest absolute Gasteiger partial charge is 0.340 e. The maximum absolute atomic E-state index is 11.9. The number of carbonyl (C=O) groups excluding carboxylic acids is 1. The zero-order chi connectivity index (χ0) is 10.8. The van der Waals surface area contributed by atoms with Gasteiger partial charge in [-0.25, -0.2) is 0 Å². The van der Waals surface area contributed by atoms with Crippen LogP contribution in [0.2, 0.25) is 0 Å². The Balaban J connectivity index is 1.99. The standard InChI is InChI=1S/C11H19BrN2O/c1-9(12)11(15)14-7-3-6-13-5-2-4-10(13)8-14/h9-10H,2-8H2,1H3. The summed E-state index contributed by atoms with van der Waals surface area (Å²) in [5.41, 5.74) is 0. The quantitative estimate of drug-likeness (QED) is 0.677. The summed E-state index contributed by atoms with van der Waals surface area (Å²) in [6, 6.07) is 0.627. The lowest BCUT2D eigenvalue weighted by atomic mass is 10.2. The Morgan fingerprint density at radius 2 is 2.07 bits per heavy atom. The fourth-order valence-corrected chi connectivity index (χ4v) is 2.95. The van der Waals surface area contributed by atoms with Crippen molar-refractivity contribution in [2.75, 3.05) is 26.2 Å². The van der Waals surface area contributed by atoms with Crippen molar-refractivity contribution >= 4 is 21.8 Å². The summed E-state index contributed by atoms with van der Waals surface area (Å²) in [7, 11) is 0. The Labute approximate surface area is 99.9 Å². The van der Waals surface area contributed by atoms with Crippen LogP contribution in [0.3, 0.4) is 0 Å². The molecular formula is C11H19BrN2O. The number of nitrogens with zero attached hydrogens (tertiary/aromatic N) is 2. The second-order valence-electron chi connectivity index (χ2n) is 4.59. The maximum Gasteiger partial charge on any atom is 0.236 e. The molecule has 2 rings (SSSR count). The molecule has 0 bridgehead atoms. The van der Waals surface area contributed by atoms with E-state index in [0.717, 1.165) is 19.5 Å². The lowest BCUT2D eigenvalue weighted by Gasteiger charge is -2.26. The summed E-state index contributed by atoms with van der Waals surface area (Å²) in [5, 5.41) is 0. The number of carbonyl (C=O) groups is 1. The van der Waals surface area contributed by atoms with Crippen LogP contribution >= 0.6 is 15.9 Å². The van der Waals surface area contributed by atoms with E-state index in [1.807, 2.05) is 11.8 Å². The van der Waals surface area contributed by atoms with Gasteiger partial charge in [-0.2, -0.15) is 0 Å². The Morgan fingerprint density at radius 1 is 1.33 bits per heavy atom. The third-order valence-corrected chi connectivity index (χ3v) is 3.85. The number of fused-ring (bicyclic) bond motifs is 1. The topological polar surface area (TPSA) is 23.6 Å². The first-order valence-electron chi connectivity index (χ1n) is 5.85. The molecule has 2 heterocycles. The number of hydrogen-bond donors (Lipinski definition) is 0. The fourth-order valence-electron chi connectivity index (χ4n) is 2.66. The van der Waals surface area contributed by atoms with E-state index in [1.54, 1.807) is 0 Å². The van der Waals surface area contributed by atoms with Crippen LogP contribution in [0.4, 0.5) is 0 Å². The van der Waals surface area contributed by atoms with E-state index >= 15 is 0 Å². The van der Waals surface area contributed by atoms with E-state index in [9.17, 15) is 4.79 Å². The minimum atomic E-state index is -0.0366. The van der Waals surface area contributed by atoms with Crippen molar-refractivity contribution in [3.63, 3.8) is 0 Å². The molecule has 2 aliphatic rings. The van der Waals surface area contributed by atoms with Crippen molar-refractivity contribution in [3.05, 3.63) is 0 Å². The fraction of sp³-hybridized carbons (Fsp3) is 0.909. The molecule has 2 saturated heterocycles. The van der Waals surface area contributed by atoms with Gasteiger partial charge in [0.05, 0.1) is 4.83 Å². The third-order valence-electron chi connectivity index (χ3n) is 3.46. The number of halogens is 1. The molecule has 0 aromatic rings. The average Bonchev–Trinajstić information content (AvgIpc) is 2.54. The third kappa shape index (κ3) is 2.53. The molecule has 3 nitrogen and oxygen atoms in total. The molecule has 15 heavy (non-hydrogen) atoms. The summed E-state index contributed by atoms with van der Waals surface area (Å²) in [6.07, 6.45) is 3.69. The minimum Gasteiger partial charge on any atom is -0.340 e. The van der Waals surface area contributed by atoms with Crippen molar-refractivity contribution in [2.45, 2.75) is 37.1 Å². The molecule has 2 fully saturated rings. The summed E-state index contributed by atoms with van der Waals surface area (Å²) in [4.78, 5) is 16.4. The molecule has 4 heteroatoms. The first kappa shape index (κ1) is 11.4. The Hall–Kier alpha value is -0.0900. The summed E-state index contributed by atoms with van der Waals surface area (Å²) < 4.78 is 0. The van der Waals surface area contributed by atoms with Crippen LogP contribution < -0.4 is 0 Å². The van der Waals surface area contributed by atoms with Gasteiger partial charge in [-0.15, -0.1) is 0 Å². The summed E-state index contributed by atoms with van der Waals surface area (Å²) in [6.45, 7) is 6.19. The highest BCUT2D eigenvalue weighted by molar-refractivity contribution is 9.10. The van der Waals surface area contributed by atoms with E-state index in [1.165, 1.54) is 25.9 Å². The molecule has 0 spiro atoms. The number of alkyl halides is 1. The zero-order valence-electron chi connectivity index (χ0n) is 9.29. The van der Waals surface area contributed by atoms with Crippen molar-refractivity contribution in [3.8, 4) is 0 Å². The molecule has 0 radical (unpaired) electrons. The molecule has 0 N–H and O–H groups in total. The summed E-state index contributed by atoms with van der Waals surface area (Å²) in [5.74, 6) is 0.253. The molecule has 0 aromatic heterocycles. The zero-order valence-corrected chi connectivity index (χ0v) is 10.9. The molecule has 0 aromatic carbocycles. The number of amides is 1.